The Morgan fingerprint density at radius 3 is 2.88 bits per heavy atom. The number of aromatic amines is 1. The molecule has 1 N–H and O–H groups in total. The summed E-state index contributed by atoms with van der Waals surface area (Å²) in [6.45, 7) is 0.916. The Morgan fingerprint density at radius 1 is 1.25 bits per heavy atom. The highest BCUT2D eigenvalue weighted by Gasteiger charge is 2.21. The number of ether oxygens (including phenoxy) is 1. The van der Waals surface area contributed by atoms with Crippen molar-refractivity contribution in [2.75, 3.05) is 6.61 Å². The van der Waals surface area contributed by atoms with E-state index in [1.165, 1.54) is 12.1 Å². The van der Waals surface area contributed by atoms with Gasteiger partial charge in [0.1, 0.15) is 11.5 Å². The standard InChI is InChI=1S/C15H11Cl2N3O4/c16-9-3-7-11(4-10(9)17)18-15(22)20(14(7)21)5-12-8-6-23-2-1-13(8)24-19-12/h3-4H,1-2,5-6H2,(H,18,22). The number of fused-ring (bicyclic) bond motifs is 2. The van der Waals surface area contributed by atoms with E-state index in [4.69, 9.17) is 32.5 Å². The third-order valence-corrected chi connectivity index (χ3v) is 4.72. The molecule has 0 aliphatic carbocycles. The van der Waals surface area contributed by atoms with Gasteiger partial charge >= 0.3 is 5.69 Å². The molecular weight excluding hydrogens is 357 g/mol. The third-order valence-electron chi connectivity index (χ3n) is 4.00. The molecule has 3 heterocycles. The van der Waals surface area contributed by atoms with Crippen LogP contribution in [0, 0.1) is 0 Å². The molecule has 0 spiro atoms. The number of aromatic nitrogens is 3. The van der Waals surface area contributed by atoms with E-state index in [0.29, 0.717) is 30.8 Å². The number of nitrogens with zero attached hydrogens (tertiary/aromatic N) is 2. The van der Waals surface area contributed by atoms with Crippen molar-refractivity contribution in [2.45, 2.75) is 19.6 Å². The average Bonchev–Trinajstić information content (AvgIpc) is 2.97. The van der Waals surface area contributed by atoms with Gasteiger partial charge in [0, 0.05) is 12.0 Å². The Labute approximate surface area is 144 Å². The molecule has 7 nitrogen and oxygen atoms in total. The molecule has 2 aromatic heterocycles. The second kappa shape index (κ2) is 5.77. The van der Waals surface area contributed by atoms with E-state index in [1.807, 2.05) is 0 Å². The number of nitrogens with one attached hydrogen (secondary N) is 1. The predicted molar refractivity (Wildman–Crippen MR) is 87.8 cm³/mol. The fourth-order valence-corrected chi connectivity index (χ4v) is 3.07. The van der Waals surface area contributed by atoms with Crippen molar-refractivity contribution in [3.05, 3.63) is 60.0 Å². The Balaban J connectivity index is 1.85. The van der Waals surface area contributed by atoms with Gasteiger partial charge in [0.2, 0.25) is 0 Å². The molecule has 0 saturated carbocycles. The van der Waals surface area contributed by atoms with Crippen LogP contribution in [0.2, 0.25) is 10.0 Å². The van der Waals surface area contributed by atoms with Crippen LogP contribution in [0.4, 0.5) is 0 Å². The van der Waals surface area contributed by atoms with Gasteiger partial charge in [-0.15, -0.1) is 0 Å². The van der Waals surface area contributed by atoms with Crippen molar-refractivity contribution >= 4 is 34.1 Å². The van der Waals surface area contributed by atoms with Crippen molar-refractivity contribution < 1.29 is 9.26 Å². The van der Waals surface area contributed by atoms with Gasteiger partial charge in [0.25, 0.3) is 5.56 Å². The molecule has 124 valence electrons. The highest BCUT2D eigenvalue weighted by Crippen LogP contribution is 2.25. The topological polar surface area (TPSA) is 90.1 Å². The maximum atomic E-state index is 12.7. The highest BCUT2D eigenvalue weighted by atomic mass is 35.5. The minimum Gasteiger partial charge on any atom is -0.376 e. The second-order valence-electron chi connectivity index (χ2n) is 5.47. The van der Waals surface area contributed by atoms with Crippen LogP contribution in [0.3, 0.4) is 0 Å². The van der Waals surface area contributed by atoms with E-state index in [9.17, 15) is 9.59 Å². The van der Waals surface area contributed by atoms with Gasteiger partial charge in [-0.3, -0.25) is 9.36 Å². The summed E-state index contributed by atoms with van der Waals surface area (Å²) in [5, 5.41) is 4.75. The van der Waals surface area contributed by atoms with Gasteiger partial charge in [-0.2, -0.15) is 0 Å². The lowest BCUT2D eigenvalue weighted by atomic mass is 10.1. The van der Waals surface area contributed by atoms with Crippen molar-refractivity contribution in [2.24, 2.45) is 0 Å². The molecule has 1 aliphatic heterocycles. The number of halogens is 2. The van der Waals surface area contributed by atoms with Crippen molar-refractivity contribution in [1.29, 1.82) is 0 Å². The summed E-state index contributed by atoms with van der Waals surface area (Å²) in [5.41, 5.74) is 0.611. The highest BCUT2D eigenvalue weighted by molar-refractivity contribution is 6.42. The monoisotopic (exact) mass is 367 g/mol. The Morgan fingerprint density at radius 2 is 2.04 bits per heavy atom. The fourth-order valence-electron chi connectivity index (χ4n) is 2.75. The number of H-pyrrole nitrogens is 1. The Hall–Kier alpha value is -2.09. The molecule has 0 unspecified atom stereocenters. The van der Waals surface area contributed by atoms with Crippen LogP contribution in [-0.2, 0) is 24.3 Å². The Kier molecular flexibility index (Phi) is 3.71. The SMILES string of the molecule is O=c1[nH]c2cc(Cl)c(Cl)cc2c(=O)n1Cc1noc2c1COCC2. The lowest BCUT2D eigenvalue weighted by molar-refractivity contribution is 0.102. The molecule has 1 aromatic carbocycles. The van der Waals surface area contributed by atoms with Gasteiger partial charge in [0.15, 0.2) is 0 Å². The molecule has 0 bridgehead atoms. The van der Waals surface area contributed by atoms with E-state index in [2.05, 4.69) is 10.1 Å². The van der Waals surface area contributed by atoms with Crippen LogP contribution in [0.15, 0.2) is 26.2 Å². The van der Waals surface area contributed by atoms with E-state index < -0.39 is 11.2 Å². The average molecular weight is 368 g/mol. The first-order chi connectivity index (χ1) is 11.5. The summed E-state index contributed by atoms with van der Waals surface area (Å²) in [6, 6.07) is 2.90. The van der Waals surface area contributed by atoms with Crippen LogP contribution in [-0.4, -0.2) is 21.3 Å². The van der Waals surface area contributed by atoms with Gasteiger partial charge in [0.05, 0.1) is 40.7 Å². The van der Waals surface area contributed by atoms with Crippen molar-refractivity contribution in [3.63, 3.8) is 0 Å². The number of hydrogen-bond donors (Lipinski definition) is 1. The minimum absolute atomic E-state index is 0.00740. The molecule has 3 aromatic rings. The van der Waals surface area contributed by atoms with Crippen molar-refractivity contribution in [3.8, 4) is 0 Å². The molecule has 24 heavy (non-hydrogen) atoms. The van der Waals surface area contributed by atoms with Gasteiger partial charge < -0.3 is 14.2 Å². The van der Waals surface area contributed by atoms with Crippen LogP contribution in [0.25, 0.3) is 10.9 Å². The fraction of sp³-hybridized carbons (Fsp3) is 0.267. The summed E-state index contributed by atoms with van der Waals surface area (Å²) in [6.07, 6.45) is 0.624. The lowest BCUT2D eigenvalue weighted by Gasteiger charge is -2.11. The number of benzene rings is 1. The zero-order valence-electron chi connectivity index (χ0n) is 12.3. The molecule has 0 fully saturated rings. The first-order valence-electron chi connectivity index (χ1n) is 7.20. The predicted octanol–water partition coefficient (Wildman–Crippen LogP) is 2.11. The molecule has 0 atom stereocenters. The van der Waals surface area contributed by atoms with E-state index in [1.54, 1.807) is 0 Å². The largest absolute Gasteiger partial charge is 0.376 e. The number of rotatable bonds is 2. The summed E-state index contributed by atoms with van der Waals surface area (Å²) in [5.74, 6) is 0.733. The zero-order chi connectivity index (χ0) is 16.8. The summed E-state index contributed by atoms with van der Waals surface area (Å²) < 4.78 is 11.7. The first kappa shape index (κ1) is 15.4. The maximum absolute atomic E-state index is 12.7. The molecular formula is C15H11Cl2N3O4. The van der Waals surface area contributed by atoms with Crippen LogP contribution < -0.4 is 11.2 Å². The van der Waals surface area contributed by atoms with E-state index in [-0.39, 0.29) is 22.0 Å². The van der Waals surface area contributed by atoms with Crippen molar-refractivity contribution in [1.82, 2.24) is 14.7 Å². The van der Waals surface area contributed by atoms with Gasteiger partial charge in [-0.1, -0.05) is 28.4 Å². The van der Waals surface area contributed by atoms with Crippen LogP contribution in [0.1, 0.15) is 17.0 Å². The molecule has 0 radical (unpaired) electrons. The molecule has 0 saturated heterocycles. The van der Waals surface area contributed by atoms with Gasteiger partial charge in [-0.25, -0.2) is 4.79 Å². The normalized spacial score (nSPS) is 14.1. The molecule has 9 heteroatoms. The minimum atomic E-state index is -0.556. The van der Waals surface area contributed by atoms with Crippen LogP contribution >= 0.6 is 23.2 Å². The molecule has 1 aliphatic rings. The van der Waals surface area contributed by atoms with E-state index >= 15 is 0 Å². The van der Waals surface area contributed by atoms with Gasteiger partial charge in [-0.05, 0) is 12.1 Å². The molecule has 0 amide bonds. The quantitative estimate of drug-likeness (QED) is 0.748. The first-order valence-corrected chi connectivity index (χ1v) is 7.96. The summed E-state index contributed by atoms with van der Waals surface area (Å²) >= 11 is 11.9. The lowest BCUT2D eigenvalue weighted by Crippen LogP contribution is -2.35. The Bertz CT molecular complexity index is 1070. The smallest absolute Gasteiger partial charge is 0.329 e. The molecule has 4 rings (SSSR count). The maximum Gasteiger partial charge on any atom is 0.329 e. The van der Waals surface area contributed by atoms with E-state index in [0.717, 1.165) is 15.9 Å². The number of hydrogen-bond acceptors (Lipinski definition) is 5. The zero-order valence-corrected chi connectivity index (χ0v) is 13.8. The van der Waals surface area contributed by atoms with Crippen LogP contribution in [0.5, 0.6) is 0 Å². The summed E-state index contributed by atoms with van der Waals surface area (Å²) in [7, 11) is 0. The third kappa shape index (κ3) is 2.45. The second-order valence-corrected chi connectivity index (χ2v) is 6.28. The summed E-state index contributed by atoms with van der Waals surface area (Å²) in [4.78, 5) is 27.6.